The molecule has 6 heteroatoms. The number of para-hydroxylation sites is 1. The SMILES string of the molecule is NCc1cnc(COc2ccccc2Cl)[nH]c1=O. The quantitative estimate of drug-likeness (QED) is 0.877. The van der Waals surface area contributed by atoms with Gasteiger partial charge >= 0.3 is 0 Å². The Bertz CT molecular complexity index is 598. The maximum Gasteiger partial charge on any atom is 0.255 e. The molecule has 5 nitrogen and oxygen atoms in total. The summed E-state index contributed by atoms with van der Waals surface area (Å²) in [6.07, 6.45) is 1.45. The molecular weight excluding hydrogens is 254 g/mol. The summed E-state index contributed by atoms with van der Waals surface area (Å²) >= 11 is 5.94. The highest BCUT2D eigenvalue weighted by molar-refractivity contribution is 6.32. The molecule has 18 heavy (non-hydrogen) atoms. The maximum atomic E-state index is 11.5. The van der Waals surface area contributed by atoms with Crippen LogP contribution in [-0.2, 0) is 13.2 Å². The first-order valence-electron chi connectivity index (χ1n) is 5.35. The Labute approximate surface area is 109 Å². The second kappa shape index (κ2) is 5.66. The highest BCUT2D eigenvalue weighted by Gasteiger charge is 2.04. The molecule has 0 aliphatic carbocycles. The van der Waals surface area contributed by atoms with Crippen LogP contribution in [0.4, 0.5) is 0 Å². The van der Waals surface area contributed by atoms with Gasteiger partial charge in [-0.3, -0.25) is 4.79 Å². The van der Waals surface area contributed by atoms with Crippen molar-refractivity contribution in [3.63, 3.8) is 0 Å². The van der Waals surface area contributed by atoms with E-state index in [0.29, 0.717) is 22.2 Å². The molecular formula is C12H12ClN3O2. The van der Waals surface area contributed by atoms with E-state index >= 15 is 0 Å². The lowest BCUT2D eigenvalue weighted by Crippen LogP contribution is -2.19. The third kappa shape index (κ3) is 2.88. The van der Waals surface area contributed by atoms with Gasteiger partial charge in [0.1, 0.15) is 18.2 Å². The second-order valence-electron chi connectivity index (χ2n) is 3.61. The molecule has 0 bridgehead atoms. The summed E-state index contributed by atoms with van der Waals surface area (Å²) in [5.41, 5.74) is 5.57. The van der Waals surface area contributed by atoms with Gasteiger partial charge in [-0.2, -0.15) is 0 Å². The van der Waals surface area contributed by atoms with Crippen LogP contribution in [0.15, 0.2) is 35.3 Å². The van der Waals surface area contributed by atoms with E-state index < -0.39 is 0 Å². The van der Waals surface area contributed by atoms with Crippen LogP contribution in [-0.4, -0.2) is 9.97 Å². The Morgan fingerprint density at radius 2 is 2.17 bits per heavy atom. The molecule has 0 radical (unpaired) electrons. The minimum atomic E-state index is -0.245. The zero-order chi connectivity index (χ0) is 13.0. The molecule has 0 atom stereocenters. The van der Waals surface area contributed by atoms with Gasteiger partial charge in [0.2, 0.25) is 0 Å². The zero-order valence-electron chi connectivity index (χ0n) is 9.52. The normalized spacial score (nSPS) is 10.3. The predicted molar refractivity (Wildman–Crippen MR) is 68.5 cm³/mol. The van der Waals surface area contributed by atoms with Crippen LogP contribution in [0.3, 0.4) is 0 Å². The molecule has 0 aliphatic rings. The highest BCUT2D eigenvalue weighted by Crippen LogP contribution is 2.23. The predicted octanol–water partition coefficient (Wildman–Crippen LogP) is 1.46. The van der Waals surface area contributed by atoms with Crippen molar-refractivity contribution in [3.8, 4) is 5.75 Å². The van der Waals surface area contributed by atoms with Gasteiger partial charge in [0.25, 0.3) is 5.56 Å². The summed E-state index contributed by atoms with van der Waals surface area (Å²) in [6, 6.07) is 7.10. The summed E-state index contributed by atoms with van der Waals surface area (Å²) in [7, 11) is 0. The fraction of sp³-hybridized carbons (Fsp3) is 0.167. The van der Waals surface area contributed by atoms with E-state index in [0.717, 1.165) is 0 Å². The first-order valence-corrected chi connectivity index (χ1v) is 5.73. The number of nitrogens with one attached hydrogen (secondary N) is 1. The largest absolute Gasteiger partial charge is 0.484 e. The lowest BCUT2D eigenvalue weighted by Gasteiger charge is -2.07. The molecule has 0 amide bonds. The Balaban J connectivity index is 2.09. The van der Waals surface area contributed by atoms with Crippen molar-refractivity contribution >= 4 is 11.6 Å². The summed E-state index contributed by atoms with van der Waals surface area (Å²) in [4.78, 5) is 18.1. The van der Waals surface area contributed by atoms with Crippen molar-refractivity contribution in [2.45, 2.75) is 13.2 Å². The van der Waals surface area contributed by atoms with Crippen molar-refractivity contribution in [3.05, 3.63) is 57.2 Å². The van der Waals surface area contributed by atoms with Gasteiger partial charge < -0.3 is 15.5 Å². The van der Waals surface area contributed by atoms with Crippen LogP contribution >= 0.6 is 11.6 Å². The molecule has 3 N–H and O–H groups in total. The minimum Gasteiger partial charge on any atom is -0.484 e. The molecule has 1 aromatic carbocycles. The van der Waals surface area contributed by atoms with Crippen LogP contribution in [0.25, 0.3) is 0 Å². The maximum absolute atomic E-state index is 11.5. The van der Waals surface area contributed by atoms with E-state index in [1.54, 1.807) is 12.1 Å². The van der Waals surface area contributed by atoms with E-state index in [4.69, 9.17) is 22.1 Å². The molecule has 2 aromatic rings. The second-order valence-corrected chi connectivity index (χ2v) is 4.01. The minimum absolute atomic E-state index is 0.143. The lowest BCUT2D eigenvalue weighted by molar-refractivity contribution is 0.295. The molecule has 94 valence electrons. The van der Waals surface area contributed by atoms with Crippen molar-refractivity contribution in [1.29, 1.82) is 0 Å². The van der Waals surface area contributed by atoms with Gasteiger partial charge in [-0.1, -0.05) is 23.7 Å². The Kier molecular flexibility index (Phi) is 3.96. The van der Waals surface area contributed by atoms with Gasteiger partial charge in [0.15, 0.2) is 0 Å². The van der Waals surface area contributed by atoms with Gasteiger partial charge in [-0.25, -0.2) is 4.98 Å². The number of nitrogens with zero attached hydrogens (tertiary/aromatic N) is 1. The average Bonchev–Trinajstić information content (AvgIpc) is 2.38. The number of rotatable bonds is 4. The van der Waals surface area contributed by atoms with Crippen LogP contribution in [0.5, 0.6) is 5.75 Å². The summed E-state index contributed by atoms with van der Waals surface area (Å²) in [6.45, 7) is 0.303. The number of hydrogen-bond donors (Lipinski definition) is 2. The van der Waals surface area contributed by atoms with Gasteiger partial charge in [0.05, 0.1) is 5.02 Å². The van der Waals surface area contributed by atoms with Crippen LogP contribution in [0.2, 0.25) is 5.02 Å². The Morgan fingerprint density at radius 3 is 2.83 bits per heavy atom. The molecule has 1 heterocycles. The van der Waals surface area contributed by atoms with E-state index in [1.807, 2.05) is 12.1 Å². The molecule has 0 spiro atoms. The van der Waals surface area contributed by atoms with E-state index in [2.05, 4.69) is 9.97 Å². The molecule has 0 saturated carbocycles. The fourth-order valence-electron chi connectivity index (χ4n) is 1.38. The van der Waals surface area contributed by atoms with Crippen LogP contribution in [0.1, 0.15) is 11.4 Å². The van der Waals surface area contributed by atoms with Crippen molar-refractivity contribution in [1.82, 2.24) is 9.97 Å². The number of benzene rings is 1. The van der Waals surface area contributed by atoms with Gasteiger partial charge in [0, 0.05) is 18.3 Å². The molecule has 0 saturated heterocycles. The third-order valence-electron chi connectivity index (χ3n) is 2.35. The number of hydrogen-bond acceptors (Lipinski definition) is 4. The van der Waals surface area contributed by atoms with Crippen molar-refractivity contribution in [2.75, 3.05) is 0 Å². The van der Waals surface area contributed by atoms with Crippen LogP contribution in [0, 0.1) is 0 Å². The summed E-state index contributed by atoms with van der Waals surface area (Å²) < 4.78 is 5.46. The monoisotopic (exact) mass is 265 g/mol. The number of halogens is 1. The van der Waals surface area contributed by atoms with Crippen LogP contribution < -0.4 is 16.0 Å². The lowest BCUT2D eigenvalue weighted by atomic mass is 10.3. The van der Waals surface area contributed by atoms with Crippen molar-refractivity contribution in [2.24, 2.45) is 5.73 Å². The van der Waals surface area contributed by atoms with E-state index in [9.17, 15) is 4.79 Å². The van der Waals surface area contributed by atoms with Gasteiger partial charge in [-0.15, -0.1) is 0 Å². The number of nitrogens with two attached hydrogens (primary N) is 1. The topological polar surface area (TPSA) is 81.0 Å². The number of H-pyrrole nitrogens is 1. The smallest absolute Gasteiger partial charge is 0.255 e. The van der Waals surface area contributed by atoms with Gasteiger partial charge in [-0.05, 0) is 12.1 Å². The summed E-state index contributed by atoms with van der Waals surface area (Å²) in [5, 5.41) is 0.512. The fourth-order valence-corrected chi connectivity index (χ4v) is 1.58. The Hall–Kier alpha value is -1.85. The molecule has 1 aromatic heterocycles. The number of aromatic amines is 1. The van der Waals surface area contributed by atoms with E-state index in [-0.39, 0.29) is 18.7 Å². The first-order chi connectivity index (χ1) is 8.70. The zero-order valence-corrected chi connectivity index (χ0v) is 10.3. The first kappa shape index (κ1) is 12.6. The highest BCUT2D eigenvalue weighted by atomic mass is 35.5. The average molecular weight is 266 g/mol. The third-order valence-corrected chi connectivity index (χ3v) is 2.66. The summed E-state index contributed by atoms with van der Waals surface area (Å²) in [5.74, 6) is 0.974. The molecule has 0 aliphatic heterocycles. The van der Waals surface area contributed by atoms with Crippen molar-refractivity contribution < 1.29 is 4.74 Å². The molecule has 0 fully saturated rings. The number of ether oxygens (including phenoxy) is 1. The molecule has 0 unspecified atom stereocenters. The Morgan fingerprint density at radius 1 is 1.39 bits per heavy atom. The molecule has 2 rings (SSSR count). The standard InChI is InChI=1S/C12H12ClN3O2/c13-9-3-1-2-4-10(9)18-7-11-15-6-8(5-14)12(17)16-11/h1-4,6H,5,7,14H2,(H,15,16,17). The van der Waals surface area contributed by atoms with E-state index in [1.165, 1.54) is 6.20 Å². The number of aromatic nitrogens is 2.